The van der Waals surface area contributed by atoms with Crippen molar-refractivity contribution in [2.45, 2.75) is 32.8 Å². The van der Waals surface area contributed by atoms with Gasteiger partial charge in [0, 0.05) is 19.7 Å². The minimum Gasteiger partial charge on any atom is -0.366 e. The molecule has 1 aromatic carbocycles. The van der Waals surface area contributed by atoms with Crippen LogP contribution in [0.5, 0.6) is 0 Å². The summed E-state index contributed by atoms with van der Waals surface area (Å²) in [5, 5.41) is 0. The molecule has 104 valence electrons. The Morgan fingerprint density at radius 2 is 2.05 bits per heavy atom. The molecule has 0 saturated carbocycles. The molecular formula is C16H24N2O. The maximum Gasteiger partial charge on any atom is 0.140 e. The van der Waals surface area contributed by atoms with E-state index in [1.165, 1.54) is 18.4 Å². The number of benzene rings is 1. The second-order valence-corrected chi connectivity index (χ2v) is 4.83. The summed E-state index contributed by atoms with van der Waals surface area (Å²) in [6.07, 6.45) is 2.42. The van der Waals surface area contributed by atoms with E-state index in [2.05, 4.69) is 41.1 Å². The number of aliphatic imine (C=N–C) groups is 1. The third-order valence-corrected chi connectivity index (χ3v) is 3.42. The monoisotopic (exact) mass is 260 g/mol. The van der Waals surface area contributed by atoms with Crippen molar-refractivity contribution in [3.05, 3.63) is 35.9 Å². The summed E-state index contributed by atoms with van der Waals surface area (Å²) >= 11 is 0. The second kappa shape index (κ2) is 7.29. The molecule has 0 bridgehead atoms. The van der Waals surface area contributed by atoms with Crippen molar-refractivity contribution in [2.75, 3.05) is 26.2 Å². The maximum atomic E-state index is 5.95. The molecule has 1 aliphatic heterocycles. The quantitative estimate of drug-likeness (QED) is 0.751. The Hall–Kier alpha value is -1.35. The van der Waals surface area contributed by atoms with E-state index in [0.29, 0.717) is 6.61 Å². The largest absolute Gasteiger partial charge is 0.366 e. The number of rotatable bonds is 7. The van der Waals surface area contributed by atoms with Crippen LogP contribution in [-0.2, 0) is 4.74 Å². The summed E-state index contributed by atoms with van der Waals surface area (Å²) < 4.78 is 5.95. The van der Waals surface area contributed by atoms with E-state index in [4.69, 9.17) is 4.74 Å². The third kappa shape index (κ3) is 3.57. The van der Waals surface area contributed by atoms with Crippen LogP contribution in [0.4, 0.5) is 0 Å². The molecule has 19 heavy (non-hydrogen) atoms. The van der Waals surface area contributed by atoms with Gasteiger partial charge in [-0.05, 0) is 18.9 Å². The Bertz CT molecular complexity index is 402. The van der Waals surface area contributed by atoms with Crippen molar-refractivity contribution in [3.63, 3.8) is 0 Å². The fraction of sp³-hybridized carbons (Fsp3) is 0.562. The van der Waals surface area contributed by atoms with E-state index in [1.807, 2.05) is 13.0 Å². The molecular weight excluding hydrogens is 236 g/mol. The first-order valence-corrected chi connectivity index (χ1v) is 7.32. The zero-order valence-corrected chi connectivity index (χ0v) is 12.0. The molecule has 2 rings (SSSR count). The first-order valence-electron chi connectivity index (χ1n) is 7.32. The molecule has 3 heteroatoms. The van der Waals surface area contributed by atoms with Crippen LogP contribution in [0.15, 0.2) is 35.3 Å². The molecule has 0 spiro atoms. The molecule has 0 fully saturated rings. The predicted molar refractivity (Wildman–Crippen MR) is 79.6 cm³/mol. The average molecular weight is 260 g/mol. The maximum absolute atomic E-state index is 5.95. The Morgan fingerprint density at radius 3 is 2.74 bits per heavy atom. The van der Waals surface area contributed by atoms with Gasteiger partial charge < -0.3 is 9.64 Å². The highest BCUT2D eigenvalue weighted by molar-refractivity contribution is 5.89. The van der Waals surface area contributed by atoms with Crippen LogP contribution in [0.1, 0.15) is 38.4 Å². The lowest BCUT2D eigenvalue weighted by atomic mass is 10.1. The molecule has 1 aliphatic rings. The van der Waals surface area contributed by atoms with Gasteiger partial charge in [0.25, 0.3) is 0 Å². The smallest absolute Gasteiger partial charge is 0.140 e. The molecule has 0 saturated heterocycles. The van der Waals surface area contributed by atoms with Gasteiger partial charge in [0.15, 0.2) is 0 Å². The lowest BCUT2D eigenvalue weighted by Crippen LogP contribution is -2.34. The van der Waals surface area contributed by atoms with Gasteiger partial charge in [0.1, 0.15) is 11.9 Å². The molecule has 0 aliphatic carbocycles. The van der Waals surface area contributed by atoms with Gasteiger partial charge >= 0.3 is 0 Å². The van der Waals surface area contributed by atoms with E-state index in [9.17, 15) is 0 Å². The number of amidine groups is 1. The summed E-state index contributed by atoms with van der Waals surface area (Å²) in [7, 11) is 0. The van der Waals surface area contributed by atoms with Crippen molar-refractivity contribution < 1.29 is 4.74 Å². The summed E-state index contributed by atoms with van der Waals surface area (Å²) in [6.45, 7) is 8.00. The van der Waals surface area contributed by atoms with Crippen molar-refractivity contribution >= 4 is 5.84 Å². The zero-order chi connectivity index (χ0) is 13.5. The van der Waals surface area contributed by atoms with Crippen molar-refractivity contribution in [1.82, 2.24) is 4.90 Å². The Kier molecular flexibility index (Phi) is 5.40. The highest BCUT2D eigenvalue weighted by atomic mass is 16.5. The summed E-state index contributed by atoms with van der Waals surface area (Å²) in [4.78, 5) is 7.07. The van der Waals surface area contributed by atoms with E-state index in [0.717, 1.165) is 25.5 Å². The minimum absolute atomic E-state index is 0.00874. The van der Waals surface area contributed by atoms with Gasteiger partial charge in [-0.25, -0.2) is 0 Å². The summed E-state index contributed by atoms with van der Waals surface area (Å²) in [6, 6.07) is 10.4. The fourth-order valence-electron chi connectivity index (χ4n) is 2.44. The molecule has 1 unspecified atom stereocenters. The van der Waals surface area contributed by atoms with Crippen LogP contribution in [-0.4, -0.2) is 37.0 Å². The first kappa shape index (κ1) is 14.1. The normalized spacial score (nSPS) is 16.5. The second-order valence-electron chi connectivity index (χ2n) is 4.83. The van der Waals surface area contributed by atoms with Gasteiger partial charge in [-0.3, -0.25) is 4.99 Å². The topological polar surface area (TPSA) is 24.8 Å². The number of hydrogen-bond acceptors (Lipinski definition) is 3. The van der Waals surface area contributed by atoms with Crippen molar-refractivity contribution in [2.24, 2.45) is 4.99 Å². The van der Waals surface area contributed by atoms with E-state index in [-0.39, 0.29) is 6.10 Å². The predicted octanol–water partition coefficient (Wildman–Crippen LogP) is 3.28. The van der Waals surface area contributed by atoms with E-state index >= 15 is 0 Å². The highest BCUT2D eigenvalue weighted by Gasteiger charge is 2.26. The molecule has 0 amide bonds. The number of ether oxygens (including phenoxy) is 1. The summed E-state index contributed by atoms with van der Waals surface area (Å²) in [5.41, 5.74) is 1.20. The number of nitrogens with zero attached hydrogens (tertiary/aromatic N) is 2. The van der Waals surface area contributed by atoms with Crippen molar-refractivity contribution in [1.29, 1.82) is 0 Å². The van der Waals surface area contributed by atoms with Crippen molar-refractivity contribution in [3.8, 4) is 0 Å². The van der Waals surface area contributed by atoms with Gasteiger partial charge in [-0.2, -0.15) is 0 Å². The fourth-order valence-corrected chi connectivity index (χ4v) is 2.44. The Morgan fingerprint density at radius 1 is 1.26 bits per heavy atom. The molecule has 0 N–H and O–H groups in total. The average Bonchev–Trinajstić information content (AvgIpc) is 2.91. The van der Waals surface area contributed by atoms with Gasteiger partial charge in [-0.1, -0.05) is 43.7 Å². The van der Waals surface area contributed by atoms with Gasteiger partial charge in [0.05, 0.1) is 6.54 Å². The molecule has 1 heterocycles. The van der Waals surface area contributed by atoms with Crippen LogP contribution < -0.4 is 0 Å². The zero-order valence-electron chi connectivity index (χ0n) is 12.0. The lowest BCUT2D eigenvalue weighted by molar-refractivity contribution is 0.102. The molecule has 1 atom stereocenters. The number of hydrogen-bond donors (Lipinski definition) is 0. The van der Waals surface area contributed by atoms with Crippen LogP contribution in [0, 0.1) is 0 Å². The van der Waals surface area contributed by atoms with Crippen LogP contribution in [0.25, 0.3) is 0 Å². The number of unbranched alkanes of at least 4 members (excludes halogenated alkanes) is 1. The molecule has 0 radical (unpaired) electrons. The Balaban J connectivity index is 2.14. The Labute approximate surface area is 116 Å². The first-order chi connectivity index (χ1) is 9.36. The molecule has 0 aromatic heterocycles. The standard InChI is InChI=1S/C16H24N2O/c1-3-5-12-18-13-11-17-16(18)15(19-4-2)14-9-7-6-8-10-14/h6-10,15H,3-5,11-13H2,1-2H3. The molecule has 1 aromatic rings. The van der Waals surface area contributed by atoms with Crippen LogP contribution in [0.3, 0.4) is 0 Å². The minimum atomic E-state index is -0.00874. The molecule has 3 nitrogen and oxygen atoms in total. The van der Waals surface area contributed by atoms with E-state index in [1.54, 1.807) is 0 Å². The van der Waals surface area contributed by atoms with E-state index < -0.39 is 0 Å². The third-order valence-electron chi connectivity index (χ3n) is 3.42. The summed E-state index contributed by atoms with van der Waals surface area (Å²) in [5.74, 6) is 1.11. The van der Waals surface area contributed by atoms with Gasteiger partial charge in [0.2, 0.25) is 0 Å². The SMILES string of the molecule is CCCCN1CCN=C1C(OCC)c1ccccc1. The van der Waals surface area contributed by atoms with Crippen LogP contribution in [0.2, 0.25) is 0 Å². The lowest BCUT2D eigenvalue weighted by Gasteiger charge is -2.26. The highest BCUT2D eigenvalue weighted by Crippen LogP contribution is 2.23. The van der Waals surface area contributed by atoms with Crippen LogP contribution >= 0.6 is 0 Å². The van der Waals surface area contributed by atoms with Gasteiger partial charge in [-0.15, -0.1) is 0 Å².